The summed E-state index contributed by atoms with van der Waals surface area (Å²) in [5.74, 6) is 1.60. The lowest BCUT2D eigenvalue weighted by Gasteiger charge is -2.32. The van der Waals surface area contributed by atoms with Crippen molar-refractivity contribution in [1.29, 1.82) is 0 Å². The molecule has 26 heavy (non-hydrogen) atoms. The van der Waals surface area contributed by atoms with Gasteiger partial charge in [0.15, 0.2) is 0 Å². The van der Waals surface area contributed by atoms with Crippen LogP contribution in [0.4, 0.5) is 4.79 Å². The van der Waals surface area contributed by atoms with Gasteiger partial charge >= 0.3 is 6.03 Å². The highest BCUT2D eigenvalue weighted by atomic mass is 16.5. The lowest BCUT2D eigenvalue weighted by Crippen LogP contribution is -2.47. The summed E-state index contributed by atoms with van der Waals surface area (Å²) in [6.07, 6.45) is 5.88. The Labute approximate surface area is 153 Å². The molecule has 7 heteroatoms. The maximum absolute atomic E-state index is 12.3. The largest absolute Gasteiger partial charge is 0.490 e. The summed E-state index contributed by atoms with van der Waals surface area (Å²) >= 11 is 0. The quantitative estimate of drug-likeness (QED) is 0.890. The molecule has 0 radical (unpaired) electrons. The van der Waals surface area contributed by atoms with Gasteiger partial charge in [-0.2, -0.15) is 0 Å². The molecule has 3 heterocycles. The van der Waals surface area contributed by atoms with Gasteiger partial charge in [0, 0.05) is 62.7 Å². The summed E-state index contributed by atoms with van der Waals surface area (Å²) in [4.78, 5) is 26.9. The molecule has 0 bridgehead atoms. The van der Waals surface area contributed by atoms with Crippen molar-refractivity contribution in [2.75, 3.05) is 19.6 Å². The predicted molar refractivity (Wildman–Crippen MR) is 98.1 cm³/mol. The van der Waals surface area contributed by atoms with Gasteiger partial charge in [0.2, 0.25) is 0 Å². The number of carbonyl (C=O) groups is 1. The number of nitrogens with zero attached hydrogens (tertiary/aromatic N) is 4. The van der Waals surface area contributed by atoms with Gasteiger partial charge in [-0.05, 0) is 32.0 Å². The van der Waals surface area contributed by atoms with Crippen LogP contribution >= 0.6 is 0 Å². The van der Waals surface area contributed by atoms with E-state index in [-0.39, 0.29) is 12.1 Å². The van der Waals surface area contributed by atoms with Crippen LogP contribution in [0.2, 0.25) is 0 Å². The molecule has 0 aromatic carbocycles. The highest BCUT2D eigenvalue weighted by molar-refractivity contribution is 5.74. The maximum atomic E-state index is 12.3. The van der Waals surface area contributed by atoms with Crippen molar-refractivity contribution in [3.8, 4) is 5.75 Å². The van der Waals surface area contributed by atoms with Gasteiger partial charge in [0.05, 0.1) is 0 Å². The third-order valence-corrected chi connectivity index (χ3v) is 4.34. The second-order valence-corrected chi connectivity index (χ2v) is 6.54. The van der Waals surface area contributed by atoms with Gasteiger partial charge in [-0.1, -0.05) is 0 Å². The zero-order valence-corrected chi connectivity index (χ0v) is 15.3. The van der Waals surface area contributed by atoms with Crippen LogP contribution in [0, 0.1) is 13.8 Å². The number of carbonyl (C=O) groups excluding carboxylic acids is 1. The SMILES string of the molecule is Cc1cc(C)nc(CCNC(=O)N2CCC(Oc3ccncc3)CC2)n1. The number of likely N-dealkylation sites (tertiary alicyclic amines) is 1. The van der Waals surface area contributed by atoms with Crippen LogP contribution in [0.1, 0.15) is 30.1 Å². The molecule has 1 saturated heterocycles. The van der Waals surface area contributed by atoms with Crippen LogP contribution < -0.4 is 10.1 Å². The Bertz CT molecular complexity index is 710. The van der Waals surface area contributed by atoms with Gasteiger partial charge in [-0.25, -0.2) is 14.8 Å². The monoisotopic (exact) mass is 355 g/mol. The van der Waals surface area contributed by atoms with Gasteiger partial charge < -0.3 is 15.0 Å². The second-order valence-electron chi connectivity index (χ2n) is 6.54. The summed E-state index contributed by atoms with van der Waals surface area (Å²) in [5, 5.41) is 2.96. The van der Waals surface area contributed by atoms with Gasteiger partial charge in [0.1, 0.15) is 17.7 Å². The van der Waals surface area contributed by atoms with E-state index in [9.17, 15) is 4.79 Å². The molecule has 1 fully saturated rings. The summed E-state index contributed by atoms with van der Waals surface area (Å²) in [7, 11) is 0. The van der Waals surface area contributed by atoms with Crippen LogP contribution in [0.5, 0.6) is 5.75 Å². The molecule has 0 saturated carbocycles. The summed E-state index contributed by atoms with van der Waals surface area (Å²) in [5.41, 5.74) is 1.91. The average Bonchev–Trinajstić information content (AvgIpc) is 2.62. The topological polar surface area (TPSA) is 80.2 Å². The molecule has 7 nitrogen and oxygen atoms in total. The van der Waals surface area contributed by atoms with E-state index >= 15 is 0 Å². The molecule has 0 unspecified atom stereocenters. The fraction of sp³-hybridized carbons (Fsp3) is 0.474. The highest BCUT2D eigenvalue weighted by Crippen LogP contribution is 2.18. The lowest BCUT2D eigenvalue weighted by molar-refractivity contribution is 0.111. The summed E-state index contributed by atoms with van der Waals surface area (Å²) < 4.78 is 5.93. The Morgan fingerprint density at radius 1 is 1.19 bits per heavy atom. The van der Waals surface area contributed by atoms with Crippen molar-refractivity contribution in [3.63, 3.8) is 0 Å². The third-order valence-electron chi connectivity index (χ3n) is 4.34. The number of aromatic nitrogens is 3. The van der Waals surface area contributed by atoms with Crippen LogP contribution in [0.3, 0.4) is 0 Å². The van der Waals surface area contributed by atoms with Crippen LogP contribution in [0.15, 0.2) is 30.6 Å². The fourth-order valence-corrected chi connectivity index (χ4v) is 3.09. The molecule has 0 aliphatic carbocycles. The molecular weight excluding hydrogens is 330 g/mol. The number of urea groups is 1. The van der Waals surface area contributed by atoms with Gasteiger partial charge in [0.25, 0.3) is 0 Å². The Balaban J connectivity index is 1.39. The first-order valence-corrected chi connectivity index (χ1v) is 9.01. The van der Waals surface area contributed by atoms with Crippen molar-refractivity contribution in [3.05, 3.63) is 47.8 Å². The first-order valence-electron chi connectivity index (χ1n) is 9.01. The van der Waals surface area contributed by atoms with Crippen molar-refractivity contribution < 1.29 is 9.53 Å². The number of piperidine rings is 1. The Hall–Kier alpha value is -2.70. The second kappa shape index (κ2) is 8.60. The molecule has 0 spiro atoms. The Morgan fingerprint density at radius 2 is 1.85 bits per heavy atom. The molecular formula is C19H25N5O2. The van der Waals surface area contributed by atoms with Crippen molar-refractivity contribution in [1.82, 2.24) is 25.2 Å². The number of hydrogen-bond acceptors (Lipinski definition) is 5. The average molecular weight is 355 g/mol. The number of ether oxygens (including phenoxy) is 1. The number of aryl methyl sites for hydroxylation is 2. The van der Waals surface area contributed by atoms with Gasteiger partial charge in [-0.3, -0.25) is 4.98 Å². The van der Waals surface area contributed by atoms with Gasteiger partial charge in [-0.15, -0.1) is 0 Å². The van der Waals surface area contributed by atoms with Crippen molar-refractivity contribution in [2.45, 2.75) is 39.2 Å². The summed E-state index contributed by atoms with van der Waals surface area (Å²) in [6.45, 7) is 5.84. The molecule has 1 N–H and O–H groups in total. The van der Waals surface area contributed by atoms with E-state index in [0.29, 0.717) is 26.1 Å². The minimum atomic E-state index is -0.0308. The van der Waals surface area contributed by atoms with E-state index in [0.717, 1.165) is 35.8 Å². The Morgan fingerprint density at radius 3 is 2.50 bits per heavy atom. The molecule has 1 aliphatic heterocycles. The number of nitrogens with one attached hydrogen (secondary N) is 1. The van der Waals surface area contributed by atoms with Crippen LogP contribution in [-0.4, -0.2) is 51.6 Å². The molecule has 1 aliphatic rings. The van der Waals surface area contributed by atoms with E-state index in [1.165, 1.54) is 0 Å². The zero-order chi connectivity index (χ0) is 18.4. The minimum Gasteiger partial charge on any atom is -0.490 e. The van der Waals surface area contributed by atoms with Crippen LogP contribution in [-0.2, 0) is 6.42 Å². The zero-order valence-electron chi connectivity index (χ0n) is 15.3. The number of rotatable bonds is 5. The smallest absolute Gasteiger partial charge is 0.317 e. The molecule has 2 amide bonds. The first kappa shape index (κ1) is 18.1. The fourth-order valence-electron chi connectivity index (χ4n) is 3.09. The van der Waals surface area contributed by atoms with E-state index in [2.05, 4.69) is 20.3 Å². The number of amides is 2. The first-order chi connectivity index (χ1) is 12.6. The molecule has 138 valence electrons. The van der Waals surface area contributed by atoms with Crippen molar-refractivity contribution >= 4 is 6.03 Å². The van der Waals surface area contributed by atoms with Crippen molar-refractivity contribution in [2.24, 2.45) is 0 Å². The molecule has 2 aromatic rings. The third kappa shape index (κ3) is 5.15. The maximum Gasteiger partial charge on any atom is 0.317 e. The molecule has 0 atom stereocenters. The van der Waals surface area contributed by atoms with E-state index in [1.807, 2.05) is 36.9 Å². The summed E-state index contributed by atoms with van der Waals surface area (Å²) in [6, 6.07) is 5.62. The number of pyridine rings is 1. The van der Waals surface area contributed by atoms with E-state index < -0.39 is 0 Å². The highest BCUT2D eigenvalue weighted by Gasteiger charge is 2.23. The predicted octanol–water partition coefficient (Wildman–Crippen LogP) is 2.28. The van der Waals surface area contributed by atoms with E-state index in [4.69, 9.17) is 4.74 Å². The lowest BCUT2D eigenvalue weighted by atomic mass is 10.1. The molecule has 3 rings (SSSR count). The number of hydrogen-bond donors (Lipinski definition) is 1. The van der Waals surface area contributed by atoms with Crippen LogP contribution in [0.25, 0.3) is 0 Å². The van der Waals surface area contributed by atoms with E-state index in [1.54, 1.807) is 12.4 Å². The standard InChI is InChI=1S/C19H25N5O2/c1-14-13-15(2)23-18(22-14)5-10-21-19(25)24-11-6-17(7-12-24)26-16-3-8-20-9-4-16/h3-4,8-9,13,17H,5-7,10-12H2,1-2H3,(H,21,25). The normalized spacial score (nSPS) is 14.9. The molecule has 2 aromatic heterocycles. The minimum absolute atomic E-state index is 0.0308. The Kier molecular flexibility index (Phi) is 5.99.